The number of carbonyl (C=O) groups excluding carboxylic acids is 3. The normalized spacial score (nSPS) is 12.0. The van der Waals surface area contributed by atoms with E-state index in [1.165, 1.54) is 257 Å². The first kappa shape index (κ1) is 67.4. The van der Waals surface area contributed by atoms with E-state index in [4.69, 9.17) is 14.2 Å². The zero-order valence-corrected chi connectivity index (χ0v) is 47.3. The number of rotatable bonds is 58. The minimum Gasteiger partial charge on any atom is -0.462 e. The lowest BCUT2D eigenvalue weighted by Gasteiger charge is -2.18. The van der Waals surface area contributed by atoms with Crippen molar-refractivity contribution in [3.63, 3.8) is 0 Å². The number of unbranched alkanes of at least 4 members (excludes halogenated alkanes) is 45. The van der Waals surface area contributed by atoms with Gasteiger partial charge in [-0.1, -0.05) is 323 Å². The van der Waals surface area contributed by atoms with Crippen LogP contribution in [0.5, 0.6) is 0 Å². The van der Waals surface area contributed by atoms with Crippen LogP contribution in [-0.4, -0.2) is 37.2 Å². The first-order valence-corrected chi connectivity index (χ1v) is 31.4. The smallest absolute Gasteiger partial charge is 0.306 e. The molecule has 410 valence electrons. The molecule has 0 fully saturated rings. The van der Waals surface area contributed by atoms with Crippen LogP contribution in [-0.2, 0) is 28.6 Å². The molecule has 6 heteroatoms. The largest absolute Gasteiger partial charge is 0.462 e. The monoisotopic (exact) mass is 975 g/mol. The van der Waals surface area contributed by atoms with Gasteiger partial charge in [0.1, 0.15) is 13.2 Å². The van der Waals surface area contributed by atoms with Crippen molar-refractivity contribution in [2.45, 2.75) is 368 Å². The van der Waals surface area contributed by atoms with Gasteiger partial charge < -0.3 is 14.2 Å². The molecule has 0 rings (SSSR count). The predicted molar refractivity (Wildman–Crippen MR) is 298 cm³/mol. The van der Waals surface area contributed by atoms with E-state index in [2.05, 4.69) is 27.7 Å². The number of esters is 3. The molecule has 69 heavy (non-hydrogen) atoms. The van der Waals surface area contributed by atoms with Gasteiger partial charge >= 0.3 is 17.9 Å². The molecule has 0 radical (unpaired) electrons. The zero-order chi connectivity index (χ0) is 50.2. The standard InChI is InChI=1S/C63H122O6/c1-5-7-9-11-13-15-17-19-20-23-28-32-36-40-44-48-52-56-63(66)69-60(57-67-61(64)54-50-46-42-38-34-29-18-16-14-12-10-8-6-2)58-68-62(65)55-51-47-43-39-35-31-27-25-22-21-24-26-30-33-37-41-45-49-53-59(3)4/h59-60H,5-58H2,1-4H3/t60-/m1/s1. The summed E-state index contributed by atoms with van der Waals surface area (Å²) in [4.78, 5) is 38.2. The van der Waals surface area contributed by atoms with Gasteiger partial charge in [0.05, 0.1) is 0 Å². The van der Waals surface area contributed by atoms with Crippen molar-refractivity contribution < 1.29 is 28.6 Å². The van der Waals surface area contributed by atoms with Gasteiger partial charge in [-0.25, -0.2) is 0 Å². The van der Waals surface area contributed by atoms with Crippen molar-refractivity contribution in [3.8, 4) is 0 Å². The van der Waals surface area contributed by atoms with Crippen molar-refractivity contribution in [2.24, 2.45) is 5.92 Å². The summed E-state index contributed by atoms with van der Waals surface area (Å²) in [5, 5.41) is 0. The average molecular weight is 976 g/mol. The molecule has 0 aliphatic rings. The van der Waals surface area contributed by atoms with Crippen molar-refractivity contribution in [2.75, 3.05) is 13.2 Å². The minimum atomic E-state index is -0.762. The molecule has 0 aromatic heterocycles. The molecule has 0 amide bonds. The fraction of sp³-hybridized carbons (Fsp3) is 0.952. The molecule has 0 aromatic rings. The molecule has 0 aromatic carbocycles. The number of carbonyl (C=O) groups is 3. The Morgan fingerprint density at radius 2 is 0.478 bits per heavy atom. The van der Waals surface area contributed by atoms with Gasteiger partial charge in [-0.2, -0.15) is 0 Å². The maximum absolute atomic E-state index is 12.9. The first-order valence-electron chi connectivity index (χ1n) is 31.4. The topological polar surface area (TPSA) is 78.9 Å². The van der Waals surface area contributed by atoms with Crippen LogP contribution in [0.4, 0.5) is 0 Å². The Morgan fingerprint density at radius 3 is 0.710 bits per heavy atom. The van der Waals surface area contributed by atoms with E-state index < -0.39 is 6.10 Å². The van der Waals surface area contributed by atoms with Gasteiger partial charge in [0.25, 0.3) is 0 Å². The highest BCUT2D eigenvalue weighted by molar-refractivity contribution is 5.71. The molecule has 0 unspecified atom stereocenters. The third-order valence-corrected chi connectivity index (χ3v) is 14.5. The molecule has 0 saturated carbocycles. The SMILES string of the molecule is CCCCCCCCCCCCCCCCCCCC(=O)O[C@H](COC(=O)CCCCCCCCCCCCCCC)COC(=O)CCCCCCCCCCCCCCCCCCCCC(C)C. The van der Waals surface area contributed by atoms with E-state index in [1.54, 1.807) is 0 Å². The van der Waals surface area contributed by atoms with Crippen LogP contribution in [0.25, 0.3) is 0 Å². The van der Waals surface area contributed by atoms with Crippen LogP contribution in [0.15, 0.2) is 0 Å². The average Bonchev–Trinajstić information content (AvgIpc) is 3.34. The molecular weight excluding hydrogens is 853 g/mol. The first-order chi connectivity index (χ1) is 33.9. The molecule has 0 aliphatic carbocycles. The molecule has 0 aliphatic heterocycles. The molecule has 0 N–H and O–H groups in total. The summed E-state index contributed by atoms with van der Waals surface area (Å²) in [6.07, 6.45) is 63.9. The second kappa shape index (κ2) is 57.3. The second-order valence-electron chi connectivity index (χ2n) is 22.2. The Balaban J connectivity index is 4.24. The summed E-state index contributed by atoms with van der Waals surface area (Å²) in [5.74, 6) is 0.0302. The Labute approximate surface area is 431 Å². The lowest BCUT2D eigenvalue weighted by Crippen LogP contribution is -2.30. The Kier molecular flexibility index (Phi) is 56.0. The Hall–Kier alpha value is -1.59. The van der Waals surface area contributed by atoms with Crippen molar-refractivity contribution in [3.05, 3.63) is 0 Å². The summed E-state index contributed by atoms with van der Waals surface area (Å²) in [7, 11) is 0. The van der Waals surface area contributed by atoms with Crippen LogP contribution in [0.3, 0.4) is 0 Å². The van der Waals surface area contributed by atoms with Gasteiger partial charge in [-0.3, -0.25) is 14.4 Å². The maximum atomic E-state index is 12.9. The van der Waals surface area contributed by atoms with Crippen LogP contribution < -0.4 is 0 Å². The van der Waals surface area contributed by atoms with Crippen LogP contribution in [0, 0.1) is 5.92 Å². The molecule has 6 nitrogen and oxygen atoms in total. The molecule has 0 bridgehead atoms. The van der Waals surface area contributed by atoms with Gasteiger partial charge in [0.2, 0.25) is 0 Å². The molecule has 0 saturated heterocycles. The van der Waals surface area contributed by atoms with Gasteiger partial charge in [-0.05, 0) is 25.2 Å². The third kappa shape index (κ3) is 57.2. The Bertz CT molecular complexity index is 1040. The highest BCUT2D eigenvalue weighted by atomic mass is 16.6. The summed E-state index contributed by atoms with van der Waals surface area (Å²) < 4.78 is 16.9. The summed E-state index contributed by atoms with van der Waals surface area (Å²) in [6.45, 7) is 9.09. The third-order valence-electron chi connectivity index (χ3n) is 14.5. The molecular formula is C63H122O6. The van der Waals surface area contributed by atoms with Gasteiger partial charge in [0.15, 0.2) is 6.10 Å². The van der Waals surface area contributed by atoms with E-state index in [1.807, 2.05) is 0 Å². The van der Waals surface area contributed by atoms with E-state index in [9.17, 15) is 14.4 Å². The van der Waals surface area contributed by atoms with E-state index in [0.29, 0.717) is 19.3 Å². The van der Waals surface area contributed by atoms with E-state index in [0.717, 1.165) is 63.7 Å². The highest BCUT2D eigenvalue weighted by Crippen LogP contribution is 2.19. The van der Waals surface area contributed by atoms with E-state index >= 15 is 0 Å². The second-order valence-corrected chi connectivity index (χ2v) is 22.2. The molecule has 0 spiro atoms. The predicted octanol–water partition coefficient (Wildman–Crippen LogP) is 21.0. The van der Waals surface area contributed by atoms with Crippen molar-refractivity contribution in [1.82, 2.24) is 0 Å². The summed E-state index contributed by atoms with van der Waals surface area (Å²) >= 11 is 0. The lowest BCUT2D eigenvalue weighted by atomic mass is 10.0. The minimum absolute atomic E-state index is 0.0612. The van der Waals surface area contributed by atoms with Gasteiger partial charge in [-0.15, -0.1) is 0 Å². The maximum Gasteiger partial charge on any atom is 0.306 e. The van der Waals surface area contributed by atoms with Crippen LogP contribution >= 0.6 is 0 Å². The fourth-order valence-corrected chi connectivity index (χ4v) is 9.81. The zero-order valence-electron chi connectivity index (χ0n) is 47.3. The number of hydrogen-bond donors (Lipinski definition) is 0. The molecule has 1 atom stereocenters. The van der Waals surface area contributed by atoms with Gasteiger partial charge in [0, 0.05) is 19.3 Å². The molecule has 0 heterocycles. The van der Waals surface area contributed by atoms with Crippen LogP contribution in [0.1, 0.15) is 362 Å². The number of hydrogen-bond acceptors (Lipinski definition) is 6. The summed E-state index contributed by atoms with van der Waals surface area (Å²) in [6, 6.07) is 0. The van der Waals surface area contributed by atoms with E-state index in [-0.39, 0.29) is 31.1 Å². The fourth-order valence-electron chi connectivity index (χ4n) is 9.81. The van der Waals surface area contributed by atoms with Crippen molar-refractivity contribution in [1.29, 1.82) is 0 Å². The van der Waals surface area contributed by atoms with Crippen LogP contribution in [0.2, 0.25) is 0 Å². The number of ether oxygens (including phenoxy) is 3. The lowest BCUT2D eigenvalue weighted by molar-refractivity contribution is -0.167. The summed E-state index contributed by atoms with van der Waals surface area (Å²) in [5.41, 5.74) is 0. The quantitative estimate of drug-likeness (QED) is 0.0343. The Morgan fingerprint density at radius 1 is 0.275 bits per heavy atom. The van der Waals surface area contributed by atoms with Crippen molar-refractivity contribution >= 4 is 17.9 Å². The highest BCUT2D eigenvalue weighted by Gasteiger charge is 2.19.